The van der Waals surface area contributed by atoms with Crippen molar-refractivity contribution in [1.82, 2.24) is 4.98 Å². The van der Waals surface area contributed by atoms with E-state index in [9.17, 15) is 4.79 Å². The minimum atomic E-state index is -0.299. The molecule has 0 radical (unpaired) electrons. The number of fused-ring (bicyclic) bond motifs is 1. The Hall–Kier alpha value is -2.37. The number of anilines is 1. The van der Waals surface area contributed by atoms with Crippen LogP contribution in [0.1, 0.15) is 16.1 Å². The second kappa shape index (κ2) is 6.86. The molecule has 0 aliphatic carbocycles. The first kappa shape index (κ1) is 17.5. The van der Waals surface area contributed by atoms with Crippen molar-refractivity contribution >= 4 is 45.7 Å². The van der Waals surface area contributed by atoms with Crippen LogP contribution in [0.2, 0.25) is 10.0 Å². The van der Waals surface area contributed by atoms with Crippen molar-refractivity contribution in [1.29, 1.82) is 0 Å². The van der Waals surface area contributed by atoms with Crippen LogP contribution in [0, 0.1) is 6.92 Å². The number of aryl methyl sites for hydroxylation is 1. The summed E-state index contributed by atoms with van der Waals surface area (Å²) in [7, 11) is 3.01. The maximum Gasteiger partial charge on any atom is 0.272 e. The normalized spacial score (nSPS) is 10.8. The Morgan fingerprint density at radius 2 is 1.80 bits per heavy atom. The zero-order valence-corrected chi connectivity index (χ0v) is 15.4. The number of methoxy groups -OCH3 is 2. The van der Waals surface area contributed by atoms with Crippen molar-refractivity contribution in [2.45, 2.75) is 6.92 Å². The van der Waals surface area contributed by atoms with Gasteiger partial charge in [0.05, 0.1) is 24.9 Å². The molecule has 0 unspecified atom stereocenters. The van der Waals surface area contributed by atoms with E-state index in [1.54, 1.807) is 24.3 Å². The van der Waals surface area contributed by atoms with E-state index < -0.39 is 0 Å². The summed E-state index contributed by atoms with van der Waals surface area (Å²) in [5, 5.41) is 4.77. The molecule has 0 atom stereocenters. The number of benzene rings is 2. The zero-order valence-electron chi connectivity index (χ0n) is 13.9. The van der Waals surface area contributed by atoms with Crippen molar-refractivity contribution in [2.24, 2.45) is 0 Å². The van der Waals surface area contributed by atoms with Crippen LogP contribution >= 0.6 is 23.2 Å². The lowest BCUT2D eigenvalue weighted by Crippen LogP contribution is -2.14. The number of amides is 1. The molecule has 1 heterocycles. The van der Waals surface area contributed by atoms with Gasteiger partial charge in [0, 0.05) is 28.1 Å². The lowest BCUT2D eigenvalue weighted by atomic mass is 10.1. The van der Waals surface area contributed by atoms with Crippen molar-refractivity contribution in [3.8, 4) is 11.5 Å². The molecule has 7 heteroatoms. The van der Waals surface area contributed by atoms with E-state index in [4.69, 9.17) is 32.7 Å². The van der Waals surface area contributed by atoms with Gasteiger partial charge in [-0.15, -0.1) is 0 Å². The Labute approximate surface area is 154 Å². The molecule has 2 aromatic carbocycles. The number of rotatable bonds is 4. The summed E-state index contributed by atoms with van der Waals surface area (Å²) in [4.78, 5) is 15.8. The highest BCUT2D eigenvalue weighted by Gasteiger charge is 2.18. The molecule has 0 saturated heterocycles. The molecule has 130 valence electrons. The molecule has 0 aliphatic heterocycles. The number of carbonyl (C=O) groups is 1. The van der Waals surface area contributed by atoms with Crippen LogP contribution in [0.25, 0.3) is 10.9 Å². The molecular formula is C18H16Cl2N2O3. The maximum atomic E-state index is 12.7. The molecule has 1 aromatic heterocycles. The standard InChI is InChI=1S/C18H16Cl2N2O3/c1-9-11-5-4-10(19)6-13(11)21-17(9)18(23)22-14-8-15(24-2)12(20)7-16(14)25-3/h4-8,21H,1-3H3,(H,22,23). The monoisotopic (exact) mass is 378 g/mol. The second-order valence-electron chi connectivity index (χ2n) is 5.46. The van der Waals surface area contributed by atoms with Gasteiger partial charge in [-0.25, -0.2) is 0 Å². The van der Waals surface area contributed by atoms with Crippen LogP contribution in [0.5, 0.6) is 11.5 Å². The van der Waals surface area contributed by atoms with E-state index >= 15 is 0 Å². The number of nitrogens with one attached hydrogen (secondary N) is 2. The minimum Gasteiger partial charge on any atom is -0.495 e. The van der Waals surface area contributed by atoms with Crippen molar-refractivity contribution in [3.63, 3.8) is 0 Å². The van der Waals surface area contributed by atoms with Crippen LogP contribution in [-0.4, -0.2) is 25.1 Å². The van der Waals surface area contributed by atoms with Crippen LogP contribution in [-0.2, 0) is 0 Å². The average molecular weight is 379 g/mol. The molecular weight excluding hydrogens is 363 g/mol. The number of aromatic amines is 1. The lowest BCUT2D eigenvalue weighted by Gasteiger charge is -2.13. The fourth-order valence-electron chi connectivity index (χ4n) is 2.68. The third-order valence-corrected chi connectivity index (χ3v) is 4.50. The summed E-state index contributed by atoms with van der Waals surface area (Å²) in [5.41, 5.74) is 2.55. The SMILES string of the molecule is COc1cc(NC(=O)c2[nH]c3cc(Cl)ccc3c2C)c(OC)cc1Cl. The average Bonchev–Trinajstić information content (AvgIpc) is 2.92. The Morgan fingerprint density at radius 1 is 1.08 bits per heavy atom. The summed E-state index contributed by atoms with van der Waals surface area (Å²) in [6.45, 7) is 1.88. The number of H-pyrrole nitrogens is 1. The van der Waals surface area contributed by atoms with E-state index in [1.165, 1.54) is 14.2 Å². The van der Waals surface area contributed by atoms with Gasteiger partial charge < -0.3 is 19.8 Å². The Morgan fingerprint density at radius 3 is 2.48 bits per heavy atom. The van der Waals surface area contributed by atoms with Gasteiger partial charge in [0.25, 0.3) is 5.91 Å². The highest BCUT2D eigenvalue weighted by molar-refractivity contribution is 6.32. The lowest BCUT2D eigenvalue weighted by molar-refractivity contribution is 0.102. The highest BCUT2D eigenvalue weighted by Crippen LogP contribution is 2.36. The predicted octanol–water partition coefficient (Wildman–Crippen LogP) is 5.05. The summed E-state index contributed by atoms with van der Waals surface area (Å²) in [6.07, 6.45) is 0. The number of aromatic nitrogens is 1. The molecule has 2 N–H and O–H groups in total. The molecule has 25 heavy (non-hydrogen) atoms. The van der Waals surface area contributed by atoms with Crippen LogP contribution in [0.4, 0.5) is 5.69 Å². The van der Waals surface area contributed by atoms with Crippen LogP contribution in [0.3, 0.4) is 0 Å². The number of carbonyl (C=O) groups excluding carboxylic acids is 1. The van der Waals surface area contributed by atoms with Crippen molar-refractivity contribution in [2.75, 3.05) is 19.5 Å². The van der Waals surface area contributed by atoms with Crippen molar-refractivity contribution < 1.29 is 14.3 Å². The van der Waals surface area contributed by atoms with Gasteiger partial charge in [-0.2, -0.15) is 0 Å². The molecule has 0 saturated carbocycles. The highest BCUT2D eigenvalue weighted by atomic mass is 35.5. The summed E-state index contributed by atoms with van der Waals surface area (Å²) in [6, 6.07) is 8.67. The summed E-state index contributed by atoms with van der Waals surface area (Å²) in [5.74, 6) is 0.585. The summed E-state index contributed by atoms with van der Waals surface area (Å²) >= 11 is 12.1. The molecule has 3 rings (SSSR count). The Balaban J connectivity index is 1.99. The molecule has 0 bridgehead atoms. The molecule has 1 amide bonds. The first-order chi connectivity index (χ1) is 11.9. The van der Waals surface area contributed by atoms with E-state index in [1.807, 2.05) is 13.0 Å². The first-order valence-corrected chi connectivity index (χ1v) is 8.21. The molecule has 3 aromatic rings. The molecule has 0 aliphatic rings. The fraction of sp³-hybridized carbons (Fsp3) is 0.167. The van der Waals surface area contributed by atoms with Crippen molar-refractivity contribution in [3.05, 3.63) is 51.6 Å². The maximum absolute atomic E-state index is 12.7. The summed E-state index contributed by atoms with van der Waals surface area (Å²) < 4.78 is 10.5. The quantitative estimate of drug-likeness (QED) is 0.667. The van der Waals surface area contributed by atoms with E-state index in [2.05, 4.69) is 10.3 Å². The fourth-order valence-corrected chi connectivity index (χ4v) is 3.08. The minimum absolute atomic E-state index is 0.299. The van der Waals surface area contributed by atoms with Gasteiger partial charge in [0.1, 0.15) is 17.2 Å². The third-order valence-electron chi connectivity index (χ3n) is 3.97. The van der Waals surface area contributed by atoms with Crippen LogP contribution < -0.4 is 14.8 Å². The number of ether oxygens (including phenoxy) is 2. The zero-order chi connectivity index (χ0) is 18.1. The van der Waals surface area contributed by atoms with Gasteiger partial charge >= 0.3 is 0 Å². The topological polar surface area (TPSA) is 63.3 Å². The predicted molar refractivity (Wildman–Crippen MR) is 101 cm³/mol. The van der Waals surface area contributed by atoms with Gasteiger partial charge in [-0.3, -0.25) is 4.79 Å². The largest absolute Gasteiger partial charge is 0.495 e. The molecule has 5 nitrogen and oxygen atoms in total. The van der Waals surface area contributed by atoms with Gasteiger partial charge in [-0.1, -0.05) is 29.3 Å². The molecule has 0 fully saturated rings. The number of halogens is 2. The molecule has 0 spiro atoms. The first-order valence-electron chi connectivity index (χ1n) is 7.45. The van der Waals surface area contributed by atoms with Gasteiger partial charge in [0.15, 0.2) is 0 Å². The van der Waals surface area contributed by atoms with Gasteiger partial charge in [0.2, 0.25) is 0 Å². The van der Waals surface area contributed by atoms with Crippen LogP contribution in [0.15, 0.2) is 30.3 Å². The Bertz CT molecular complexity index is 967. The van der Waals surface area contributed by atoms with E-state index in [0.717, 1.165) is 16.5 Å². The Kier molecular flexibility index (Phi) is 4.79. The van der Waals surface area contributed by atoms with Gasteiger partial charge in [-0.05, 0) is 24.6 Å². The van der Waals surface area contributed by atoms with E-state index in [-0.39, 0.29) is 5.91 Å². The second-order valence-corrected chi connectivity index (χ2v) is 6.30. The smallest absolute Gasteiger partial charge is 0.272 e. The number of hydrogen-bond acceptors (Lipinski definition) is 3. The number of hydrogen-bond donors (Lipinski definition) is 2. The van der Waals surface area contributed by atoms with E-state index in [0.29, 0.717) is 32.9 Å². The third kappa shape index (κ3) is 3.25.